The van der Waals surface area contributed by atoms with Crippen LogP contribution in [0.2, 0.25) is 0 Å². The maximum absolute atomic E-state index is 12.8. The highest BCUT2D eigenvalue weighted by atomic mass is 32.2. The van der Waals surface area contributed by atoms with Crippen LogP contribution in [0.5, 0.6) is 0 Å². The molecule has 0 radical (unpaired) electrons. The normalized spacial score (nSPS) is 28.8. The van der Waals surface area contributed by atoms with Gasteiger partial charge in [-0.25, -0.2) is 8.42 Å². The molecule has 4 aliphatic rings. The molecule has 156 valence electrons. The third kappa shape index (κ3) is 4.54. The largest absolute Gasteiger partial charge is 0.339 e. The summed E-state index contributed by atoms with van der Waals surface area (Å²) in [7, 11) is -3.27. The Bertz CT molecular complexity index is 756. The van der Waals surface area contributed by atoms with Crippen LogP contribution < -0.4 is 0 Å². The Morgan fingerprint density at radius 2 is 1.57 bits per heavy atom. The average Bonchev–Trinajstić information content (AvgIpc) is 2.72. The number of carbonyl (C=O) groups is 1. The highest BCUT2D eigenvalue weighted by Crippen LogP contribution is 2.34. The van der Waals surface area contributed by atoms with Crippen LogP contribution in [0, 0.1) is 11.8 Å². The highest BCUT2D eigenvalue weighted by Gasteiger charge is 2.32. The lowest BCUT2D eigenvalue weighted by Gasteiger charge is -2.36. The summed E-state index contributed by atoms with van der Waals surface area (Å²) in [5, 5.41) is 0. The minimum absolute atomic E-state index is 0.0931. The number of nitrogens with zero attached hydrogens (tertiary/aromatic N) is 2. The van der Waals surface area contributed by atoms with E-state index < -0.39 is 10.0 Å². The molecule has 2 saturated heterocycles. The van der Waals surface area contributed by atoms with Gasteiger partial charge in [-0.1, -0.05) is 23.3 Å². The van der Waals surface area contributed by atoms with Crippen LogP contribution in [0.3, 0.4) is 0 Å². The number of carbonyl (C=O) groups excluding carboxylic acids is 1. The molecule has 5 nitrogen and oxygen atoms in total. The molecule has 4 rings (SSSR count). The number of fused-ring (bicyclic) bond motifs is 2. The second-order valence-electron chi connectivity index (χ2n) is 8.96. The first-order valence-electron chi connectivity index (χ1n) is 11.2. The number of hydrogen-bond donors (Lipinski definition) is 0. The molecular formula is C22H34N2O3S. The van der Waals surface area contributed by atoms with Gasteiger partial charge in [0.1, 0.15) is 0 Å². The zero-order valence-electron chi connectivity index (χ0n) is 16.9. The lowest BCUT2D eigenvalue weighted by molar-refractivity contribution is -0.131. The molecule has 2 aliphatic heterocycles. The van der Waals surface area contributed by atoms with Crippen molar-refractivity contribution in [3.63, 3.8) is 0 Å². The van der Waals surface area contributed by atoms with E-state index >= 15 is 0 Å². The monoisotopic (exact) mass is 406 g/mol. The zero-order valence-corrected chi connectivity index (χ0v) is 17.8. The predicted molar refractivity (Wildman–Crippen MR) is 111 cm³/mol. The van der Waals surface area contributed by atoms with Crippen molar-refractivity contribution in [2.75, 3.05) is 31.9 Å². The lowest BCUT2D eigenvalue weighted by atomic mass is 9.82. The Morgan fingerprint density at radius 1 is 0.929 bits per heavy atom. The molecule has 2 atom stereocenters. The van der Waals surface area contributed by atoms with E-state index in [1.165, 1.54) is 36.8 Å². The molecule has 0 aromatic carbocycles. The van der Waals surface area contributed by atoms with E-state index in [4.69, 9.17) is 0 Å². The maximum Gasteiger partial charge on any atom is 0.222 e. The van der Waals surface area contributed by atoms with Gasteiger partial charge < -0.3 is 4.90 Å². The quantitative estimate of drug-likeness (QED) is 0.657. The van der Waals surface area contributed by atoms with Crippen LogP contribution in [0.25, 0.3) is 0 Å². The molecule has 2 unspecified atom stereocenters. The van der Waals surface area contributed by atoms with Gasteiger partial charge in [-0.3, -0.25) is 4.79 Å². The van der Waals surface area contributed by atoms with Gasteiger partial charge in [0.05, 0.1) is 5.75 Å². The molecule has 0 saturated carbocycles. The van der Waals surface area contributed by atoms with E-state index in [1.807, 2.05) is 4.90 Å². The minimum atomic E-state index is -3.27. The van der Waals surface area contributed by atoms with E-state index in [0.29, 0.717) is 37.8 Å². The van der Waals surface area contributed by atoms with Gasteiger partial charge in [-0.2, -0.15) is 4.31 Å². The van der Waals surface area contributed by atoms with E-state index in [1.54, 1.807) is 4.31 Å². The van der Waals surface area contributed by atoms with Crippen LogP contribution in [-0.4, -0.2) is 55.5 Å². The summed E-state index contributed by atoms with van der Waals surface area (Å²) in [6, 6.07) is 0. The van der Waals surface area contributed by atoms with E-state index in [0.717, 1.165) is 38.8 Å². The molecule has 0 N–H and O–H groups in total. The van der Waals surface area contributed by atoms with Gasteiger partial charge in [0.15, 0.2) is 0 Å². The first-order chi connectivity index (χ1) is 13.5. The average molecular weight is 407 g/mol. The molecule has 1 amide bonds. The van der Waals surface area contributed by atoms with Crippen LogP contribution >= 0.6 is 0 Å². The Balaban J connectivity index is 1.25. The van der Waals surface area contributed by atoms with Gasteiger partial charge in [-0.15, -0.1) is 0 Å². The lowest BCUT2D eigenvalue weighted by Crippen LogP contribution is -2.42. The van der Waals surface area contributed by atoms with Crippen molar-refractivity contribution in [2.24, 2.45) is 11.8 Å². The van der Waals surface area contributed by atoms with Gasteiger partial charge >= 0.3 is 0 Å². The Hall–Kier alpha value is -1.14. The Labute approximate surface area is 169 Å². The predicted octanol–water partition coefficient (Wildman–Crippen LogP) is 3.49. The van der Waals surface area contributed by atoms with Crippen molar-refractivity contribution in [1.29, 1.82) is 0 Å². The molecule has 2 fully saturated rings. The number of amides is 1. The minimum Gasteiger partial charge on any atom is -0.339 e. The Kier molecular flexibility index (Phi) is 6.26. The standard InChI is InChI=1S/C22H34N2O3S/c25-22(23-13-11-18-6-1-3-8-20(18)16-23)10-5-15-28(26,27)24-14-12-19-7-2-4-9-21(19)17-24/h8-9,18-19H,1-7,10-17H2. The summed E-state index contributed by atoms with van der Waals surface area (Å²) in [5.41, 5.74) is 2.75. The summed E-state index contributed by atoms with van der Waals surface area (Å²) in [5.74, 6) is 1.48. The number of likely N-dealkylation sites (tertiary alicyclic amines) is 1. The van der Waals surface area contributed by atoms with E-state index in [9.17, 15) is 13.2 Å². The third-order valence-corrected chi connectivity index (χ3v) is 9.02. The summed E-state index contributed by atoms with van der Waals surface area (Å²) in [6.07, 6.45) is 14.6. The topological polar surface area (TPSA) is 57.7 Å². The van der Waals surface area contributed by atoms with Crippen molar-refractivity contribution in [3.05, 3.63) is 23.3 Å². The molecule has 0 aromatic heterocycles. The fraction of sp³-hybridized carbons (Fsp3) is 0.773. The molecule has 0 bridgehead atoms. The number of rotatable bonds is 5. The van der Waals surface area contributed by atoms with Crippen LogP contribution in [0.4, 0.5) is 0 Å². The van der Waals surface area contributed by atoms with Crippen LogP contribution in [0.15, 0.2) is 23.3 Å². The van der Waals surface area contributed by atoms with Crippen molar-refractivity contribution >= 4 is 15.9 Å². The Morgan fingerprint density at radius 3 is 2.29 bits per heavy atom. The molecule has 28 heavy (non-hydrogen) atoms. The van der Waals surface area contributed by atoms with Crippen molar-refractivity contribution in [1.82, 2.24) is 9.21 Å². The molecule has 6 heteroatoms. The van der Waals surface area contributed by atoms with Crippen molar-refractivity contribution < 1.29 is 13.2 Å². The second-order valence-corrected chi connectivity index (χ2v) is 11.0. The first kappa shape index (κ1) is 20.1. The molecule has 2 aliphatic carbocycles. The van der Waals surface area contributed by atoms with Crippen molar-refractivity contribution in [3.8, 4) is 0 Å². The van der Waals surface area contributed by atoms with Crippen LogP contribution in [-0.2, 0) is 14.8 Å². The summed E-state index contributed by atoms with van der Waals surface area (Å²) >= 11 is 0. The van der Waals surface area contributed by atoms with Gasteiger partial charge in [-0.05, 0) is 69.6 Å². The number of piperidine rings is 2. The summed E-state index contributed by atoms with van der Waals surface area (Å²) in [4.78, 5) is 14.5. The van der Waals surface area contributed by atoms with E-state index in [-0.39, 0.29) is 11.7 Å². The molecule has 0 aromatic rings. The third-order valence-electron chi connectivity index (χ3n) is 7.12. The van der Waals surface area contributed by atoms with Crippen molar-refractivity contribution in [2.45, 2.75) is 64.2 Å². The fourth-order valence-electron chi connectivity index (χ4n) is 5.39. The van der Waals surface area contributed by atoms with Gasteiger partial charge in [0, 0.05) is 32.6 Å². The highest BCUT2D eigenvalue weighted by molar-refractivity contribution is 7.89. The maximum atomic E-state index is 12.8. The summed E-state index contributed by atoms with van der Waals surface area (Å²) < 4.78 is 27.2. The molecule has 2 heterocycles. The van der Waals surface area contributed by atoms with Gasteiger partial charge in [0.2, 0.25) is 15.9 Å². The molecule has 0 spiro atoms. The summed E-state index contributed by atoms with van der Waals surface area (Å²) in [6.45, 7) is 2.80. The number of allylic oxidation sites excluding steroid dienone is 2. The molecular weight excluding hydrogens is 372 g/mol. The number of sulfonamides is 1. The first-order valence-corrected chi connectivity index (χ1v) is 12.8. The van der Waals surface area contributed by atoms with Crippen LogP contribution in [0.1, 0.15) is 64.2 Å². The SMILES string of the molecule is O=C(CCCS(=O)(=O)N1CCC2CCCC=C2C1)N1CCC2CCCC=C2C1. The fourth-order valence-corrected chi connectivity index (χ4v) is 6.89. The van der Waals surface area contributed by atoms with Gasteiger partial charge in [0.25, 0.3) is 0 Å². The zero-order chi connectivity index (χ0) is 19.6. The smallest absolute Gasteiger partial charge is 0.222 e. The second kappa shape index (κ2) is 8.70. The van der Waals surface area contributed by atoms with E-state index in [2.05, 4.69) is 12.2 Å². The number of hydrogen-bond acceptors (Lipinski definition) is 3.